The van der Waals surface area contributed by atoms with Gasteiger partial charge < -0.3 is 15.5 Å². The van der Waals surface area contributed by atoms with Crippen LogP contribution in [0.5, 0.6) is 0 Å². The van der Waals surface area contributed by atoms with Crippen molar-refractivity contribution in [2.75, 3.05) is 22.9 Å². The van der Waals surface area contributed by atoms with E-state index in [1.807, 2.05) is 43.0 Å². The summed E-state index contributed by atoms with van der Waals surface area (Å²) in [4.78, 5) is 42.1. The second kappa shape index (κ2) is 9.50. The van der Waals surface area contributed by atoms with Crippen molar-refractivity contribution in [2.45, 2.75) is 59.3 Å². The molecule has 1 aromatic heterocycles. The van der Waals surface area contributed by atoms with Gasteiger partial charge in [-0.2, -0.15) is 5.10 Å². The summed E-state index contributed by atoms with van der Waals surface area (Å²) in [5.41, 5.74) is 12.3. The number of benzene rings is 2. The van der Waals surface area contributed by atoms with E-state index >= 15 is 0 Å². The molecule has 37 heavy (non-hydrogen) atoms. The molecule has 8 heteroatoms. The van der Waals surface area contributed by atoms with Gasteiger partial charge in [0.2, 0.25) is 5.91 Å². The van der Waals surface area contributed by atoms with Crippen molar-refractivity contribution in [3.8, 4) is 5.69 Å². The second-order valence-corrected chi connectivity index (χ2v) is 10.1. The van der Waals surface area contributed by atoms with E-state index in [2.05, 4.69) is 31.1 Å². The van der Waals surface area contributed by atoms with Gasteiger partial charge in [0.1, 0.15) is 5.69 Å². The quantitative estimate of drug-likeness (QED) is 0.542. The van der Waals surface area contributed by atoms with Crippen molar-refractivity contribution < 1.29 is 14.4 Å². The van der Waals surface area contributed by atoms with Crippen LogP contribution in [-0.4, -0.2) is 40.6 Å². The summed E-state index contributed by atoms with van der Waals surface area (Å²) in [6.45, 7) is 9.36. The maximum atomic E-state index is 14.0. The van der Waals surface area contributed by atoms with E-state index in [9.17, 15) is 14.4 Å². The van der Waals surface area contributed by atoms with Crippen LogP contribution in [0, 0.1) is 13.8 Å². The molecule has 3 aromatic rings. The average molecular weight is 500 g/mol. The van der Waals surface area contributed by atoms with Gasteiger partial charge in [-0.15, -0.1) is 0 Å². The highest BCUT2D eigenvalue weighted by Gasteiger charge is 2.35. The lowest BCUT2D eigenvalue weighted by Crippen LogP contribution is -2.39. The lowest BCUT2D eigenvalue weighted by atomic mass is 9.96. The largest absolute Gasteiger partial charge is 0.364 e. The van der Waals surface area contributed by atoms with Gasteiger partial charge in [0.05, 0.1) is 5.69 Å². The summed E-state index contributed by atoms with van der Waals surface area (Å²) in [7, 11) is 0. The Morgan fingerprint density at radius 1 is 1.00 bits per heavy atom. The van der Waals surface area contributed by atoms with E-state index in [1.165, 1.54) is 0 Å². The fourth-order valence-electron chi connectivity index (χ4n) is 5.39. The molecule has 1 atom stereocenters. The minimum absolute atomic E-state index is 0.132. The fourth-order valence-corrected chi connectivity index (χ4v) is 5.39. The van der Waals surface area contributed by atoms with E-state index < -0.39 is 5.91 Å². The SMILES string of the molecule is CCC(C)c1ccc(C)c(-n2nc(C(N)=O)c3c2C(=O)N(c2ccc(N4CCCC4=O)c(C)c2)CC3)c1. The van der Waals surface area contributed by atoms with Crippen LogP contribution in [0.3, 0.4) is 0 Å². The van der Waals surface area contributed by atoms with Crippen molar-refractivity contribution >= 4 is 29.1 Å². The molecule has 2 aromatic carbocycles. The van der Waals surface area contributed by atoms with Crippen LogP contribution in [0.25, 0.3) is 5.69 Å². The highest BCUT2D eigenvalue weighted by atomic mass is 16.2. The predicted molar refractivity (Wildman–Crippen MR) is 144 cm³/mol. The number of aromatic nitrogens is 2. The summed E-state index contributed by atoms with van der Waals surface area (Å²) in [6, 6.07) is 11.9. The fraction of sp³-hybridized carbons (Fsp3) is 0.379. The molecule has 0 bridgehead atoms. The van der Waals surface area contributed by atoms with Crippen molar-refractivity contribution in [1.82, 2.24) is 9.78 Å². The Morgan fingerprint density at radius 2 is 1.78 bits per heavy atom. The standard InChI is InChI=1S/C29H33N5O3/c1-5-17(2)20-9-8-18(3)24(16-20)34-27-22(26(31-34)28(30)36)12-14-32(29(27)37)21-10-11-23(19(4)15-21)33-13-6-7-25(33)35/h8-11,15-17H,5-7,12-14H2,1-4H3,(H2,30,36). The molecule has 0 radical (unpaired) electrons. The number of amides is 3. The maximum Gasteiger partial charge on any atom is 0.277 e. The number of hydrogen-bond acceptors (Lipinski definition) is 4. The first-order chi connectivity index (χ1) is 17.7. The number of carbonyl (C=O) groups excluding carboxylic acids is 3. The van der Waals surface area contributed by atoms with Gasteiger partial charge in [0, 0.05) is 36.4 Å². The van der Waals surface area contributed by atoms with Crippen LogP contribution in [-0.2, 0) is 11.2 Å². The average Bonchev–Trinajstić information content (AvgIpc) is 3.48. The van der Waals surface area contributed by atoms with Crippen molar-refractivity contribution in [3.63, 3.8) is 0 Å². The van der Waals surface area contributed by atoms with E-state index in [-0.39, 0.29) is 17.5 Å². The first kappa shape index (κ1) is 24.7. The zero-order chi connectivity index (χ0) is 26.4. The summed E-state index contributed by atoms with van der Waals surface area (Å²) >= 11 is 0. The van der Waals surface area contributed by atoms with E-state index in [0.29, 0.717) is 36.6 Å². The van der Waals surface area contributed by atoms with E-state index in [4.69, 9.17) is 5.73 Å². The molecule has 0 saturated carbocycles. The smallest absolute Gasteiger partial charge is 0.277 e. The lowest BCUT2D eigenvalue weighted by molar-refractivity contribution is -0.117. The summed E-state index contributed by atoms with van der Waals surface area (Å²) in [5.74, 6) is -0.383. The molecule has 3 heterocycles. The molecule has 8 nitrogen and oxygen atoms in total. The molecule has 3 amide bonds. The highest BCUT2D eigenvalue weighted by molar-refractivity contribution is 6.10. The second-order valence-electron chi connectivity index (χ2n) is 10.1. The molecule has 2 aliphatic rings. The first-order valence-corrected chi connectivity index (χ1v) is 13.0. The minimum atomic E-state index is -0.637. The minimum Gasteiger partial charge on any atom is -0.364 e. The van der Waals surface area contributed by atoms with Crippen molar-refractivity contribution in [2.24, 2.45) is 5.73 Å². The molecular weight excluding hydrogens is 466 g/mol. The predicted octanol–water partition coefficient (Wildman–Crippen LogP) is 4.43. The summed E-state index contributed by atoms with van der Waals surface area (Å²) < 4.78 is 1.61. The molecular formula is C29H33N5O3. The Labute approximate surface area is 217 Å². The van der Waals surface area contributed by atoms with Crippen LogP contribution < -0.4 is 15.5 Å². The normalized spacial score (nSPS) is 16.3. The van der Waals surface area contributed by atoms with E-state index in [0.717, 1.165) is 53.1 Å². The van der Waals surface area contributed by atoms with Gasteiger partial charge in [-0.25, -0.2) is 4.68 Å². The number of nitrogens with two attached hydrogens (primary N) is 1. The third-order valence-electron chi connectivity index (χ3n) is 7.75. The van der Waals surface area contributed by atoms with Crippen LogP contribution in [0.4, 0.5) is 11.4 Å². The Morgan fingerprint density at radius 3 is 2.43 bits per heavy atom. The lowest BCUT2D eigenvalue weighted by Gasteiger charge is -2.29. The summed E-state index contributed by atoms with van der Waals surface area (Å²) in [6.07, 6.45) is 2.88. The summed E-state index contributed by atoms with van der Waals surface area (Å²) in [5, 5.41) is 4.57. The van der Waals surface area contributed by atoms with Gasteiger partial charge in [0.15, 0.2) is 5.69 Å². The van der Waals surface area contributed by atoms with Gasteiger partial charge in [-0.05, 0) is 80.0 Å². The molecule has 1 fully saturated rings. The molecule has 0 aliphatic carbocycles. The zero-order valence-corrected chi connectivity index (χ0v) is 21.9. The molecule has 1 saturated heterocycles. The van der Waals surface area contributed by atoms with Gasteiger partial charge in [-0.3, -0.25) is 14.4 Å². The van der Waals surface area contributed by atoms with Gasteiger partial charge >= 0.3 is 0 Å². The third kappa shape index (κ3) is 4.20. The van der Waals surface area contributed by atoms with Crippen LogP contribution in [0.2, 0.25) is 0 Å². The van der Waals surface area contributed by atoms with Gasteiger partial charge in [0.25, 0.3) is 11.8 Å². The Bertz CT molecular complexity index is 1420. The number of anilines is 2. The van der Waals surface area contributed by atoms with Gasteiger partial charge in [-0.1, -0.05) is 26.0 Å². The Kier molecular flexibility index (Phi) is 6.35. The number of rotatable bonds is 6. The highest BCUT2D eigenvalue weighted by Crippen LogP contribution is 2.34. The monoisotopic (exact) mass is 499 g/mol. The zero-order valence-electron chi connectivity index (χ0n) is 21.9. The molecule has 2 N–H and O–H groups in total. The van der Waals surface area contributed by atoms with Crippen molar-refractivity contribution in [3.05, 3.63) is 70.0 Å². The topological polar surface area (TPSA) is 102 Å². The molecule has 0 spiro atoms. The third-order valence-corrected chi connectivity index (χ3v) is 7.75. The molecule has 1 unspecified atom stereocenters. The van der Waals surface area contributed by atoms with Crippen LogP contribution in [0.15, 0.2) is 36.4 Å². The number of carbonyl (C=O) groups is 3. The Hall–Kier alpha value is -3.94. The molecule has 192 valence electrons. The van der Waals surface area contributed by atoms with Crippen LogP contribution in [0.1, 0.15) is 82.3 Å². The number of aryl methyl sites for hydroxylation is 2. The first-order valence-electron chi connectivity index (χ1n) is 13.0. The number of primary amides is 1. The molecule has 5 rings (SSSR count). The number of nitrogens with zero attached hydrogens (tertiary/aromatic N) is 4. The number of hydrogen-bond donors (Lipinski definition) is 1. The Balaban J connectivity index is 1.58. The molecule has 2 aliphatic heterocycles. The van der Waals surface area contributed by atoms with Crippen LogP contribution >= 0.6 is 0 Å². The van der Waals surface area contributed by atoms with Crippen molar-refractivity contribution in [1.29, 1.82) is 0 Å². The van der Waals surface area contributed by atoms with E-state index in [1.54, 1.807) is 9.58 Å². The maximum absolute atomic E-state index is 14.0. The number of fused-ring (bicyclic) bond motifs is 1.